The van der Waals surface area contributed by atoms with E-state index in [0.29, 0.717) is 0 Å². The maximum atomic E-state index is 9.79. The molecule has 0 saturated heterocycles. The number of hydrogen-bond donors (Lipinski definition) is 1. The molecule has 0 saturated carbocycles. The summed E-state index contributed by atoms with van der Waals surface area (Å²) in [7, 11) is 3.36. The first-order chi connectivity index (χ1) is 16.5. The molecule has 1 aliphatic rings. The van der Waals surface area contributed by atoms with Crippen molar-refractivity contribution in [2.24, 2.45) is 11.8 Å². The number of aryl methyl sites for hydroxylation is 1. The molecule has 3 aromatic carbocycles. The Labute approximate surface area is 202 Å². The molecule has 0 spiro atoms. The van der Waals surface area contributed by atoms with Gasteiger partial charge >= 0.3 is 0 Å². The monoisotopic (exact) mass is 450 g/mol. The van der Waals surface area contributed by atoms with Crippen LogP contribution in [0.25, 0.3) is 16.7 Å². The van der Waals surface area contributed by atoms with Gasteiger partial charge in [0, 0.05) is 22.9 Å². The molecular formula is C30H30N2O2. The molecule has 1 aliphatic carbocycles. The van der Waals surface area contributed by atoms with Crippen molar-refractivity contribution < 1.29 is 9.47 Å². The van der Waals surface area contributed by atoms with Crippen molar-refractivity contribution in [2.75, 3.05) is 19.5 Å². The number of benzene rings is 3. The van der Waals surface area contributed by atoms with E-state index in [-0.39, 0.29) is 11.8 Å². The van der Waals surface area contributed by atoms with Gasteiger partial charge in [-0.15, -0.1) is 0 Å². The number of nitrogens with one attached hydrogen (secondary N) is 1. The van der Waals surface area contributed by atoms with Crippen LogP contribution >= 0.6 is 0 Å². The summed E-state index contributed by atoms with van der Waals surface area (Å²) in [5.41, 5.74) is 8.58. The fourth-order valence-corrected chi connectivity index (χ4v) is 4.59. The van der Waals surface area contributed by atoms with E-state index in [1.165, 1.54) is 0 Å². The smallest absolute Gasteiger partial charge is 0.119 e. The number of rotatable bonds is 6. The molecule has 34 heavy (non-hydrogen) atoms. The molecule has 0 amide bonds. The molecule has 0 fully saturated rings. The first kappa shape index (κ1) is 23.2. The van der Waals surface area contributed by atoms with E-state index in [2.05, 4.69) is 74.6 Å². The molecule has 0 radical (unpaired) electrons. The topological polar surface area (TPSA) is 54.3 Å². The molecule has 172 valence electrons. The highest BCUT2D eigenvalue weighted by molar-refractivity contribution is 5.86. The lowest BCUT2D eigenvalue weighted by Crippen LogP contribution is -2.20. The number of methoxy groups -OCH3 is 2. The highest BCUT2D eigenvalue weighted by Gasteiger charge is 2.29. The minimum Gasteiger partial charge on any atom is -0.497 e. The van der Waals surface area contributed by atoms with Gasteiger partial charge in [-0.1, -0.05) is 49.4 Å². The van der Waals surface area contributed by atoms with Crippen LogP contribution in [0.3, 0.4) is 0 Å². The molecule has 2 atom stereocenters. The molecule has 4 heteroatoms. The van der Waals surface area contributed by atoms with Crippen LogP contribution in [-0.2, 0) is 0 Å². The quantitative estimate of drug-likeness (QED) is 0.430. The van der Waals surface area contributed by atoms with Gasteiger partial charge in [0.25, 0.3) is 0 Å². The number of nitriles is 1. The summed E-state index contributed by atoms with van der Waals surface area (Å²) in [5.74, 6) is 1.47. The Kier molecular flexibility index (Phi) is 6.75. The van der Waals surface area contributed by atoms with E-state index in [9.17, 15) is 5.26 Å². The number of ether oxygens (including phenoxy) is 2. The summed E-state index contributed by atoms with van der Waals surface area (Å²) in [6.45, 7) is 6.29. The second kappa shape index (κ2) is 9.89. The Morgan fingerprint density at radius 1 is 0.853 bits per heavy atom. The van der Waals surface area contributed by atoms with Crippen molar-refractivity contribution in [3.05, 3.63) is 95.2 Å². The Morgan fingerprint density at radius 2 is 1.50 bits per heavy atom. The molecule has 4 nitrogen and oxygen atoms in total. The zero-order valence-corrected chi connectivity index (χ0v) is 20.3. The van der Waals surface area contributed by atoms with Gasteiger partial charge in [-0.2, -0.15) is 5.26 Å². The van der Waals surface area contributed by atoms with Gasteiger partial charge in [0.05, 0.1) is 26.2 Å². The number of nitrogens with zero attached hydrogens (tertiary/aromatic N) is 1. The lowest BCUT2D eigenvalue weighted by Gasteiger charge is -2.30. The second-order valence-electron chi connectivity index (χ2n) is 8.67. The zero-order valence-electron chi connectivity index (χ0n) is 20.3. The van der Waals surface area contributed by atoms with E-state index in [1.807, 2.05) is 30.3 Å². The Morgan fingerprint density at radius 3 is 2.15 bits per heavy atom. The van der Waals surface area contributed by atoms with E-state index < -0.39 is 0 Å². The fraction of sp³-hybridized carbons (Fsp3) is 0.233. The van der Waals surface area contributed by atoms with Crippen LogP contribution in [0.2, 0.25) is 0 Å². The SMILES string of the molecule is COc1ccc(C)c(-c2cc(OC)ccc2NC2=C(c3ccccc3)C(C)C(C#N)C=C2C)c1. The number of allylic oxidation sites excluding steroid dienone is 3. The third-order valence-electron chi connectivity index (χ3n) is 6.54. The van der Waals surface area contributed by atoms with Crippen molar-refractivity contribution in [1.82, 2.24) is 0 Å². The summed E-state index contributed by atoms with van der Waals surface area (Å²) >= 11 is 0. The lowest BCUT2D eigenvalue weighted by molar-refractivity contribution is 0.414. The number of hydrogen-bond acceptors (Lipinski definition) is 4. The summed E-state index contributed by atoms with van der Waals surface area (Å²) in [6.07, 6.45) is 2.07. The summed E-state index contributed by atoms with van der Waals surface area (Å²) in [4.78, 5) is 0. The summed E-state index contributed by atoms with van der Waals surface area (Å²) in [6, 6.07) is 25.0. The van der Waals surface area contributed by atoms with Crippen LogP contribution in [0.4, 0.5) is 5.69 Å². The molecule has 0 aliphatic heterocycles. The fourth-order valence-electron chi connectivity index (χ4n) is 4.59. The Balaban J connectivity index is 1.90. The third-order valence-corrected chi connectivity index (χ3v) is 6.54. The van der Waals surface area contributed by atoms with Crippen molar-refractivity contribution in [3.8, 4) is 28.7 Å². The first-order valence-corrected chi connectivity index (χ1v) is 11.4. The van der Waals surface area contributed by atoms with Crippen LogP contribution in [0.1, 0.15) is 25.0 Å². The predicted octanol–water partition coefficient (Wildman–Crippen LogP) is 7.24. The number of anilines is 1. The minimum absolute atomic E-state index is 0.0545. The van der Waals surface area contributed by atoms with Crippen LogP contribution in [-0.4, -0.2) is 14.2 Å². The molecule has 1 N–H and O–H groups in total. The highest BCUT2D eigenvalue weighted by atomic mass is 16.5. The third kappa shape index (κ3) is 4.43. The molecule has 3 aromatic rings. The van der Waals surface area contributed by atoms with Gasteiger partial charge in [0.2, 0.25) is 0 Å². The van der Waals surface area contributed by atoms with Crippen LogP contribution in [0, 0.1) is 30.1 Å². The standard InChI is InChI=1S/C30H30N2O2/c1-19-11-12-24(33-4)16-26(19)27-17-25(34-5)13-14-28(27)32-30-20(2)15-23(18-31)21(3)29(30)22-9-7-6-8-10-22/h6-17,21,23,32H,1-5H3. The molecule has 0 bridgehead atoms. The largest absolute Gasteiger partial charge is 0.497 e. The maximum Gasteiger partial charge on any atom is 0.119 e. The maximum absolute atomic E-state index is 9.79. The highest BCUT2D eigenvalue weighted by Crippen LogP contribution is 2.42. The Hall–Kier alpha value is -3.97. The summed E-state index contributed by atoms with van der Waals surface area (Å²) < 4.78 is 11.1. The lowest BCUT2D eigenvalue weighted by atomic mass is 9.77. The van der Waals surface area contributed by atoms with Crippen molar-refractivity contribution >= 4 is 11.3 Å². The summed E-state index contributed by atoms with van der Waals surface area (Å²) in [5, 5.41) is 13.5. The predicted molar refractivity (Wildman–Crippen MR) is 139 cm³/mol. The van der Waals surface area contributed by atoms with Crippen molar-refractivity contribution in [2.45, 2.75) is 20.8 Å². The van der Waals surface area contributed by atoms with E-state index in [4.69, 9.17) is 9.47 Å². The first-order valence-electron chi connectivity index (χ1n) is 11.4. The van der Waals surface area contributed by atoms with Gasteiger partial charge in [0.15, 0.2) is 0 Å². The van der Waals surface area contributed by atoms with Gasteiger partial charge in [-0.05, 0) is 72.0 Å². The molecule has 2 unspecified atom stereocenters. The van der Waals surface area contributed by atoms with Gasteiger partial charge < -0.3 is 14.8 Å². The van der Waals surface area contributed by atoms with Crippen LogP contribution < -0.4 is 14.8 Å². The van der Waals surface area contributed by atoms with E-state index in [1.54, 1.807) is 14.2 Å². The molecule has 4 rings (SSSR count). The zero-order chi connectivity index (χ0) is 24.2. The van der Waals surface area contributed by atoms with Crippen molar-refractivity contribution in [1.29, 1.82) is 5.26 Å². The second-order valence-corrected chi connectivity index (χ2v) is 8.67. The van der Waals surface area contributed by atoms with Gasteiger partial charge in [-0.25, -0.2) is 0 Å². The molecule has 0 aromatic heterocycles. The van der Waals surface area contributed by atoms with Crippen LogP contribution in [0.15, 0.2) is 84.1 Å². The minimum atomic E-state index is -0.170. The van der Waals surface area contributed by atoms with Crippen LogP contribution in [0.5, 0.6) is 11.5 Å². The van der Waals surface area contributed by atoms with Gasteiger partial charge in [-0.3, -0.25) is 0 Å². The van der Waals surface area contributed by atoms with E-state index >= 15 is 0 Å². The van der Waals surface area contributed by atoms with E-state index in [0.717, 1.165) is 56.3 Å². The van der Waals surface area contributed by atoms with Gasteiger partial charge in [0.1, 0.15) is 11.5 Å². The van der Waals surface area contributed by atoms with Crippen molar-refractivity contribution in [3.63, 3.8) is 0 Å². The Bertz CT molecular complexity index is 1300. The average molecular weight is 451 g/mol. The molecule has 0 heterocycles. The normalized spacial score (nSPS) is 17.6. The average Bonchev–Trinajstić information content (AvgIpc) is 2.87. The molecular weight excluding hydrogens is 420 g/mol.